The Morgan fingerprint density at radius 3 is 1.76 bits per heavy atom. The highest BCUT2D eigenvalue weighted by atomic mass is 28.3. The molecule has 1 heterocycles. The van der Waals surface area contributed by atoms with Crippen LogP contribution in [0, 0.1) is 13.8 Å². The minimum absolute atomic E-state index is 0.0226. The first-order valence-electron chi connectivity index (χ1n) is 14.7. The molecule has 1 N–H and O–H groups in total. The molecule has 0 spiro atoms. The number of benzene rings is 3. The molecule has 2 amide bonds. The van der Waals surface area contributed by atoms with Gasteiger partial charge in [0.15, 0.2) is 0 Å². The molecule has 1 fully saturated rings. The summed E-state index contributed by atoms with van der Waals surface area (Å²) in [7, 11) is -4.92. The number of carbonyl (C=O) groups is 3. The SMILES string of the molecule is Cc1ccc([Si](C)(C)[C@H](CC(=O)O)[C@H](CC(=O)N2C(=O)OC[C@@H]2Cc2ccccc2)[Si](C)(C)c2ccc(C)cc2)cc1. The zero-order chi connectivity index (χ0) is 30.7. The molecule has 0 saturated carbocycles. The van der Waals surface area contributed by atoms with Gasteiger partial charge >= 0.3 is 12.1 Å². The van der Waals surface area contributed by atoms with E-state index in [2.05, 4.69) is 74.7 Å². The molecule has 0 aliphatic carbocycles. The normalized spacial score (nSPS) is 17.0. The Hall–Kier alpha value is -3.50. The molecule has 4 rings (SSSR count). The predicted molar refractivity (Wildman–Crippen MR) is 173 cm³/mol. The lowest BCUT2D eigenvalue weighted by Gasteiger charge is -2.45. The fraction of sp³-hybridized carbons (Fsp3) is 0.382. The first-order chi connectivity index (χ1) is 19.8. The molecule has 3 aromatic rings. The summed E-state index contributed by atoms with van der Waals surface area (Å²) in [4.78, 5) is 40.9. The summed E-state index contributed by atoms with van der Waals surface area (Å²) in [5, 5.41) is 12.6. The summed E-state index contributed by atoms with van der Waals surface area (Å²) >= 11 is 0. The smallest absolute Gasteiger partial charge is 0.416 e. The Bertz CT molecular complexity index is 1400. The van der Waals surface area contributed by atoms with Gasteiger partial charge in [-0.25, -0.2) is 9.69 Å². The monoisotopic (exact) mass is 601 g/mol. The second-order valence-corrected chi connectivity index (χ2v) is 22.4. The maximum atomic E-state index is 14.2. The van der Waals surface area contributed by atoms with Crippen molar-refractivity contribution < 1.29 is 24.2 Å². The lowest BCUT2D eigenvalue weighted by Crippen LogP contribution is -2.57. The minimum atomic E-state index is -2.48. The molecule has 0 bridgehead atoms. The molecular weight excluding hydrogens is 559 g/mol. The number of amides is 2. The lowest BCUT2D eigenvalue weighted by molar-refractivity contribution is -0.137. The molecule has 8 heteroatoms. The van der Waals surface area contributed by atoms with Crippen molar-refractivity contribution in [2.24, 2.45) is 0 Å². The number of ether oxygens (including phenoxy) is 1. The summed E-state index contributed by atoms with van der Waals surface area (Å²) < 4.78 is 5.40. The van der Waals surface area contributed by atoms with Crippen LogP contribution in [0.3, 0.4) is 0 Å². The molecule has 6 nitrogen and oxygen atoms in total. The van der Waals surface area contributed by atoms with Crippen molar-refractivity contribution in [2.75, 3.05) is 6.61 Å². The number of imide groups is 1. The first-order valence-corrected chi connectivity index (χ1v) is 20.8. The third-order valence-electron chi connectivity index (χ3n) is 9.26. The summed E-state index contributed by atoms with van der Waals surface area (Å²) in [6.07, 6.45) is -0.0117. The van der Waals surface area contributed by atoms with E-state index in [0.29, 0.717) is 6.42 Å². The maximum Gasteiger partial charge on any atom is 0.416 e. The van der Waals surface area contributed by atoms with Crippen LogP contribution in [0.15, 0.2) is 78.9 Å². The van der Waals surface area contributed by atoms with Gasteiger partial charge in [0.05, 0.1) is 22.2 Å². The van der Waals surface area contributed by atoms with E-state index in [-0.39, 0.29) is 36.4 Å². The van der Waals surface area contributed by atoms with Gasteiger partial charge in [-0.05, 0) is 36.9 Å². The maximum absolute atomic E-state index is 14.2. The molecule has 3 aromatic carbocycles. The van der Waals surface area contributed by atoms with E-state index in [9.17, 15) is 19.5 Å². The van der Waals surface area contributed by atoms with Crippen LogP contribution in [0.2, 0.25) is 37.3 Å². The Labute approximate surface area is 251 Å². The summed E-state index contributed by atoms with van der Waals surface area (Å²) in [5.74, 6) is -1.14. The van der Waals surface area contributed by atoms with Gasteiger partial charge in [-0.1, -0.05) is 127 Å². The van der Waals surface area contributed by atoms with Crippen molar-refractivity contribution in [3.8, 4) is 0 Å². The van der Waals surface area contributed by atoms with E-state index in [0.717, 1.165) is 16.7 Å². The fourth-order valence-electron chi connectivity index (χ4n) is 6.47. The highest BCUT2D eigenvalue weighted by Gasteiger charge is 2.50. The molecule has 3 atom stereocenters. The molecule has 0 radical (unpaired) electrons. The zero-order valence-corrected chi connectivity index (χ0v) is 27.6. The average Bonchev–Trinajstić information content (AvgIpc) is 3.30. The van der Waals surface area contributed by atoms with Gasteiger partial charge in [0.2, 0.25) is 5.91 Å². The van der Waals surface area contributed by atoms with E-state index >= 15 is 0 Å². The number of cyclic esters (lactones) is 1. The number of carboxylic acids is 1. The van der Waals surface area contributed by atoms with Crippen LogP contribution in [0.5, 0.6) is 0 Å². The number of carboxylic acid groups (broad SMARTS) is 1. The van der Waals surface area contributed by atoms with Gasteiger partial charge in [0, 0.05) is 12.8 Å². The van der Waals surface area contributed by atoms with Crippen molar-refractivity contribution in [3.05, 3.63) is 95.6 Å². The number of rotatable bonds is 11. The third kappa shape index (κ3) is 6.93. The van der Waals surface area contributed by atoms with E-state index in [1.807, 2.05) is 44.2 Å². The molecule has 1 aliphatic heterocycles. The van der Waals surface area contributed by atoms with Gasteiger partial charge in [-0.15, -0.1) is 0 Å². The molecule has 0 aromatic heterocycles. The van der Waals surface area contributed by atoms with E-state index in [4.69, 9.17) is 4.74 Å². The van der Waals surface area contributed by atoms with Gasteiger partial charge in [0.1, 0.15) is 6.61 Å². The van der Waals surface area contributed by atoms with Crippen LogP contribution in [0.1, 0.15) is 29.5 Å². The lowest BCUT2D eigenvalue weighted by atomic mass is 10.0. The highest BCUT2D eigenvalue weighted by Crippen LogP contribution is 2.46. The average molecular weight is 602 g/mol. The molecule has 1 aliphatic rings. The summed E-state index contributed by atoms with van der Waals surface area (Å²) in [5.41, 5.74) is 2.89. The van der Waals surface area contributed by atoms with Crippen LogP contribution < -0.4 is 10.4 Å². The van der Waals surface area contributed by atoms with E-state index < -0.39 is 34.3 Å². The van der Waals surface area contributed by atoms with Gasteiger partial charge in [-0.3, -0.25) is 9.59 Å². The second-order valence-electron chi connectivity index (χ2n) is 12.9. The van der Waals surface area contributed by atoms with Crippen LogP contribution in [-0.2, 0) is 20.7 Å². The largest absolute Gasteiger partial charge is 0.481 e. The Morgan fingerprint density at radius 2 is 1.29 bits per heavy atom. The minimum Gasteiger partial charge on any atom is -0.481 e. The van der Waals surface area contributed by atoms with Crippen LogP contribution >= 0.6 is 0 Å². The fourth-order valence-corrected chi connectivity index (χ4v) is 15.5. The quantitative estimate of drug-likeness (QED) is 0.272. The zero-order valence-electron chi connectivity index (χ0n) is 25.6. The molecule has 222 valence electrons. The van der Waals surface area contributed by atoms with E-state index in [1.54, 1.807) is 0 Å². The second kappa shape index (κ2) is 12.8. The molecule has 0 unspecified atom stereocenters. The van der Waals surface area contributed by atoms with Crippen molar-refractivity contribution in [3.63, 3.8) is 0 Å². The van der Waals surface area contributed by atoms with Gasteiger partial charge < -0.3 is 9.84 Å². The Morgan fingerprint density at radius 1 is 0.810 bits per heavy atom. The summed E-state index contributed by atoms with van der Waals surface area (Å²) in [6.45, 7) is 13.2. The summed E-state index contributed by atoms with van der Waals surface area (Å²) in [6, 6.07) is 26.3. The van der Waals surface area contributed by atoms with E-state index in [1.165, 1.54) is 15.3 Å². The number of nitrogens with zero attached hydrogens (tertiary/aromatic N) is 1. The van der Waals surface area contributed by atoms with Crippen molar-refractivity contribution in [1.29, 1.82) is 0 Å². The number of aryl methyl sites for hydroxylation is 2. The van der Waals surface area contributed by atoms with Crippen molar-refractivity contribution in [1.82, 2.24) is 4.90 Å². The van der Waals surface area contributed by atoms with Crippen LogP contribution in [-0.4, -0.2) is 56.8 Å². The number of hydrogen-bond acceptors (Lipinski definition) is 4. The number of hydrogen-bond donors (Lipinski definition) is 1. The topological polar surface area (TPSA) is 83.9 Å². The number of carbonyl (C=O) groups excluding carboxylic acids is 2. The van der Waals surface area contributed by atoms with Crippen molar-refractivity contribution in [2.45, 2.75) is 76.4 Å². The Balaban J connectivity index is 1.77. The first kappa shape index (κ1) is 31.4. The third-order valence-corrected chi connectivity index (χ3v) is 18.2. The van der Waals surface area contributed by atoms with Crippen LogP contribution in [0.4, 0.5) is 4.79 Å². The number of aliphatic carboxylic acids is 1. The predicted octanol–water partition coefficient (Wildman–Crippen LogP) is 6.03. The molecule has 42 heavy (non-hydrogen) atoms. The highest BCUT2D eigenvalue weighted by molar-refractivity contribution is 6.96. The Kier molecular flexibility index (Phi) is 9.58. The van der Waals surface area contributed by atoms with Crippen molar-refractivity contribution >= 4 is 44.5 Å². The molecule has 1 saturated heterocycles. The molecular formula is C34H43NO5Si2. The van der Waals surface area contributed by atoms with Gasteiger partial charge in [-0.2, -0.15) is 0 Å². The van der Waals surface area contributed by atoms with Gasteiger partial charge in [0.25, 0.3) is 0 Å². The van der Waals surface area contributed by atoms with Crippen LogP contribution in [0.25, 0.3) is 0 Å². The standard InChI is InChI=1S/C34H43NO5Si2/c1-24-12-16-28(17-13-24)41(3,4)30(31(22-33(37)38)42(5,6)29-18-14-25(2)15-19-29)21-32(36)35-27(23-40-34(35)39)20-26-10-8-7-9-11-26/h7-19,27,30-31H,20-23H2,1-6H3,(H,37,38)/t27-,30-,31+/m0/s1.